The number of morpholine rings is 1. The lowest BCUT2D eigenvalue weighted by atomic mass is 9.97. The maximum atomic E-state index is 6.08. The van der Waals surface area contributed by atoms with Crippen LogP contribution in [0.25, 0.3) is 0 Å². The van der Waals surface area contributed by atoms with Gasteiger partial charge in [-0.05, 0) is 51.3 Å². The lowest BCUT2D eigenvalue weighted by Crippen LogP contribution is -2.53. The minimum atomic E-state index is -0.106. The fourth-order valence-electron chi connectivity index (χ4n) is 3.21. The first kappa shape index (κ1) is 15.5. The van der Waals surface area contributed by atoms with Crippen LogP contribution in [0.4, 0.5) is 0 Å². The molecule has 1 aromatic carbocycles. The Morgan fingerprint density at radius 3 is 2.60 bits per heavy atom. The molecule has 0 aliphatic carbocycles. The predicted octanol–water partition coefficient (Wildman–Crippen LogP) is 2.80. The van der Waals surface area contributed by atoms with Gasteiger partial charge in [0.2, 0.25) is 0 Å². The van der Waals surface area contributed by atoms with Gasteiger partial charge in [0.25, 0.3) is 0 Å². The molecule has 0 saturated carbocycles. The molecule has 1 heterocycles. The van der Waals surface area contributed by atoms with Crippen LogP contribution in [-0.2, 0) is 4.74 Å². The Balaban J connectivity index is 2.25. The zero-order valence-corrected chi connectivity index (χ0v) is 13.4. The van der Waals surface area contributed by atoms with Gasteiger partial charge in [-0.3, -0.25) is 4.90 Å². The van der Waals surface area contributed by atoms with Gasteiger partial charge in [-0.15, -0.1) is 0 Å². The highest BCUT2D eigenvalue weighted by Gasteiger charge is 2.34. The molecule has 3 heteroatoms. The summed E-state index contributed by atoms with van der Waals surface area (Å²) in [7, 11) is 0. The van der Waals surface area contributed by atoms with E-state index in [9.17, 15) is 0 Å². The van der Waals surface area contributed by atoms with Crippen LogP contribution < -0.4 is 5.73 Å². The van der Waals surface area contributed by atoms with Gasteiger partial charge in [-0.2, -0.15) is 0 Å². The molecule has 2 atom stereocenters. The number of benzene rings is 1. The van der Waals surface area contributed by atoms with Crippen LogP contribution in [0.3, 0.4) is 0 Å². The van der Waals surface area contributed by atoms with Crippen molar-refractivity contribution in [1.82, 2.24) is 4.90 Å². The van der Waals surface area contributed by atoms with Crippen LogP contribution in [0, 0.1) is 13.8 Å². The Hall–Kier alpha value is -0.900. The molecule has 1 saturated heterocycles. The summed E-state index contributed by atoms with van der Waals surface area (Å²) in [6.07, 6.45) is 0.249. The second-order valence-electron chi connectivity index (χ2n) is 6.71. The van der Waals surface area contributed by atoms with Crippen molar-refractivity contribution in [2.75, 3.05) is 19.6 Å². The average Bonchev–Trinajstić information content (AvgIpc) is 2.32. The Kier molecular flexibility index (Phi) is 4.52. The molecular formula is C17H28N2O. The zero-order valence-electron chi connectivity index (χ0n) is 13.4. The molecule has 0 amide bonds. The fraction of sp³-hybridized carbons (Fsp3) is 0.647. The Morgan fingerprint density at radius 2 is 2.05 bits per heavy atom. The second-order valence-corrected chi connectivity index (χ2v) is 6.71. The monoisotopic (exact) mass is 276 g/mol. The van der Waals surface area contributed by atoms with Gasteiger partial charge in [-0.25, -0.2) is 0 Å². The van der Waals surface area contributed by atoms with Gasteiger partial charge >= 0.3 is 0 Å². The molecule has 2 rings (SSSR count). The molecule has 0 spiro atoms. The number of nitrogens with two attached hydrogens (primary N) is 1. The quantitative estimate of drug-likeness (QED) is 0.922. The second kappa shape index (κ2) is 5.84. The van der Waals surface area contributed by atoms with Crippen molar-refractivity contribution in [2.24, 2.45) is 5.73 Å². The van der Waals surface area contributed by atoms with E-state index in [1.807, 2.05) is 0 Å². The molecule has 0 radical (unpaired) electrons. The van der Waals surface area contributed by atoms with Crippen LogP contribution in [0.15, 0.2) is 18.2 Å². The van der Waals surface area contributed by atoms with Crippen molar-refractivity contribution in [1.29, 1.82) is 0 Å². The van der Waals surface area contributed by atoms with Crippen molar-refractivity contribution >= 4 is 0 Å². The third kappa shape index (κ3) is 3.40. The Morgan fingerprint density at radius 1 is 1.35 bits per heavy atom. The normalized spacial score (nSPS) is 24.6. The summed E-state index contributed by atoms with van der Waals surface area (Å²) in [5.74, 6) is 0. The molecule has 3 nitrogen and oxygen atoms in total. The molecule has 2 N–H and O–H groups in total. The standard InChI is InChI=1S/C17H28N2O/c1-12-6-7-15(8-13(12)2)16(9-18)19-10-14(3)20-17(4,5)11-19/h6-8,14,16H,9-11,18H2,1-5H3. The van der Waals surface area contributed by atoms with Gasteiger partial charge < -0.3 is 10.5 Å². The molecule has 2 unspecified atom stereocenters. The van der Waals surface area contributed by atoms with E-state index < -0.39 is 0 Å². The minimum absolute atomic E-state index is 0.106. The lowest BCUT2D eigenvalue weighted by molar-refractivity contribution is -0.137. The van der Waals surface area contributed by atoms with Crippen molar-refractivity contribution in [3.63, 3.8) is 0 Å². The Bertz CT molecular complexity index is 470. The highest BCUT2D eigenvalue weighted by molar-refractivity contribution is 5.32. The topological polar surface area (TPSA) is 38.5 Å². The van der Waals surface area contributed by atoms with Crippen molar-refractivity contribution in [2.45, 2.75) is 52.4 Å². The van der Waals surface area contributed by atoms with Gasteiger partial charge in [0.15, 0.2) is 0 Å². The summed E-state index contributed by atoms with van der Waals surface area (Å²) >= 11 is 0. The van der Waals surface area contributed by atoms with Crippen LogP contribution >= 0.6 is 0 Å². The number of hydrogen-bond donors (Lipinski definition) is 1. The number of nitrogens with zero attached hydrogens (tertiary/aromatic N) is 1. The van der Waals surface area contributed by atoms with Gasteiger partial charge in [0.05, 0.1) is 11.7 Å². The number of aryl methyl sites for hydroxylation is 2. The van der Waals surface area contributed by atoms with Crippen LogP contribution in [0.5, 0.6) is 0 Å². The van der Waals surface area contributed by atoms with E-state index in [1.54, 1.807) is 0 Å². The number of ether oxygens (including phenoxy) is 1. The molecule has 112 valence electrons. The number of hydrogen-bond acceptors (Lipinski definition) is 3. The first-order chi connectivity index (χ1) is 9.32. The van der Waals surface area contributed by atoms with Gasteiger partial charge in [0, 0.05) is 25.7 Å². The number of rotatable bonds is 3. The predicted molar refractivity (Wildman–Crippen MR) is 83.9 cm³/mol. The molecule has 0 bridgehead atoms. The molecule has 1 fully saturated rings. The molecule has 0 aromatic heterocycles. The first-order valence-corrected chi connectivity index (χ1v) is 7.51. The van der Waals surface area contributed by atoms with E-state index in [1.165, 1.54) is 16.7 Å². The Labute approximate surface area is 123 Å². The molecule has 20 heavy (non-hydrogen) atoms. The van der Waals surface area contributed by atoms with E-state index in [0.717, 1.165) is 13.1 Å². The summed E-state index contributed by atoms with van der Waals surface area (Å²) in [6.45, 7) is 13.3. The summed E-state index contributed by atoms with van der Waals surface area (Å²) < 4.78 is 5.99. The highest BCUT2D eigenvalue weighted by atomic mass is 16.5. The smallest absolute Gasteiger partial charge is 0.0757 e. The highest BCUT2D eigenvalue weighted by Crippen LogP contribution is 2.29. The third-order valence-electron chi connectivity index (χ3n) is 4.18. The van der Waals surface area contributed by atoms with Gasteiger partial charge in [-0.1, -0.05) is 18.2 Å². The van der Waals surface area contributed by atoms with Crippen LogP contribution in [-0.4, -0.2) is 36.2 Å². The molecule has 1 aliphatic rings. The maximum absolute atomic E-state index is 6.08. The van der Waals surface area contributed by atoms with E-state index in [-0.39, 0.29) is 17.7 Å². The van der Waals surface area contributed by atoms with E-state index in [4.69, 9.17) is 10.5 Å². The van der Waals surface area contributed by atoms with Crippen molar-refractivity contribution in [3.05, 3.63) is 34.9 Å². The van der Waals surface area contributed by atoms with Crippen LogP contribution in [0.2, 0.25) is 0 Å². The molecule has 1 aromatic rings. The van der Waals surface area contributed by atoms with E-state index >= 15 is 0 Å². The summed E-state index contributed by atoms with van der Waals surface area (Å²) in [6, 6.07) is 6.97. The van der Waals surface area contributed by atoms with E-state index in [2.05, 4.69) is 57.7 Å². The zero-order chi connectivity index (χ0) is 14.9. The fourth-order valence-corrected chi connectivity index (χ4v) is 3.21. The largest absolute Gasteiger partial charge is 0.370 e. The average molecular weight is 276 g/mol. The molecule has 1 aliphatic heterocycles. The summed E-state index contributed by atoms with van der Waals surface area (Å²) in [5.41, 5.74) is 9.96. The van der Waals surface area contributed by atoms with Crippen molar-refractivity contribution < 1.29 is 4.74 Å². The van der Waals surface area contributed by atoms with Gasteiger partial charge in [0.1, 0.15) is 0 Å². The summed E-state index contributed by atoms with van der Waals surface area (Å²) in [4.78, 5) is 2.47. The summed E-state index contributed by atoms with van der Waals surface area (Å²) in [5, 5.41) is 0. The third-order valence-corrected chi connectivity index (χ3v) is 4.18. The minimum Gasteiger partial charge on any atom is -0.370 e. The SMILES string of the molecule is Cc1ccc(C(CN)N2CC(C)OC(C)(C)C2)cc1C. The van der Waals surface area contributed by atoms with E-state index in [0.29, 0.717) is 6.54 Å². The lowest BCUT2D eigenvalue weighted by Gasteiger charge is -2.45. The first-order valence-electron chi connectivity index (χ1n) is 7.51. The molecular weight excluding hydrogens is 248 g/mol. The maximum Gasteiger partial charge on any atom is 0.0757 e. The van der Waals surface area contributed by atoms with Crippen LogP contribution in [0.1, 0.15) is 43.5 Å². The van der Waals surface area contributed by atoms with Crippen molar-refractivity contribution in [3.8, 4) is 0 Å².